The first-order valence-corrected chi connectivity index (χ1v) is 10.3. The Balaban J connectivity index is 1.61. The molecule has 0 unspecified atom stereocenters. The van der Waals surface area contributed by atoms with E-state index in [-0.39, 0.29) is 17.7 Å². The van der Waals surface area contributed by atoms with Gasteiger partial charge in [-0.05, 0) is 30.2 Å². The summed E-state index contributed by atoms with van der Waals surface area (Å²) in [6.45, 7) is 2.14. The van der Waals surface area contributed by atoms with Crippen LogP contribution in [0.5, 0.6) is 0 Å². The third-order valence-corrected chi connectivity index (χ3v) is 6.22. The van der Waals surface area contributed by atoms with Crippen LogP contribution >= 0.6 is 11.3 Å². The zero-order chi connectivity index (χ0) is 20.2. The van der Waals surface area contributed by atoms with Crippen LogP contribution in [0.1, 0.15) is 37.9 Å². The van der Waals surface area contributed by atoms with E-state index in [1.807, 2.05) is 17.0 Å². The first kappa shape index (κ1) is 19.5. The lowest BCUT2D eigenvalue weighted by Gasteiger charge is -2.17. The summed E-state index contributed by atoms with van der Waals surface area (Å²) in [4.78, 5) is 37.5. The van der Waals surface area contributed by atoms with E-state index in [1.165, 1.54) is 11.3 Å². The van der Waals surface area contributed by atoms with Crippen LogP contribution in [0.2, 0.25) is 0 Å². The van der Waals surface area contributed by atoms with E-state index >= 15 is 0 Å². The van der Waals surface area contributed by atoms with Gasteiger partial charge >= 0.3 is 0 Å². The van der Waals surface area contributed by atoms with Crippen molar-refractivity contribution in [2.24, 2.45) is 0 Å². The van der Waals surface area contributed by atoms with Crippen LogP contribution in [0, 0.1) is 0 Å². The van der Waals surface area contributed by atoms with E-state index in [4.69, 9.17) is 4.74 Å². The normalized spacial score (nSPS) is 16.3. The summed E-state index contributed by atoms with van der Waals surface area (Å²) in [7, 11) is 1.60. The quantitative estimate of drug-likeness (QED) is 0.632. The molecule has 3 aromatic rings. The Hall–Kier alpha value is -2.84. The highest BCUT2D eigenvalue weighted by Gasteiger charge is 2.33. The molecule has 150 valence electrons. The molecular formula is C21H22N4O3S. The number of rotatable bonds is 6. The van der Waals surface area contributed by atoms with Gasteiger partial charge in [-0.3, -0.25) is 14.6 Å². The molecule has 29 heavy (non-hydrogen) atoms. The van der Waals surface area contributed by atoms with Crippen molar-refractivity contribution >= 4 is 33.4 Å². The topological polar surface area (TPSA) is 84.4 Å². The second-order valence-corrected chi connectivity index (χ2v) is 7.93. The molecule has 0 aromatic carbocycles. The molecule has 1 fully saturated rings. The molecule has 0 spiro atoms. The number of carbonyl (C=O) groups excluding carboxylic acids is 2. The van der Waals surface area contributed by atoms with E-state index in [1.54, 1.807) is 37.8 Å². The Labute approximate surface area is 172 Å². The molecule has 0 bridgehead atoms. The van der Waals surface area contributed by atoms with Gasteiger partial charge in [-0.25, -0.2) is 4.98 Å². The standard InChI is InChI=1S/C21H22N4O3S/c1-28-11-9-23-19(26)18-17(16-5-3-8-24-20(16)29-18)15-6-10-25(13-15)21(27)14-4-2-7-22-12-14/h2-5,7-8,12,15H,6,9-11,13H2,1H3,(H,23,26)/t15-/m1/s1. The summed E-state index contributed by atoms with van der Waals surface area (Å²) in [5.41, 5.74) is 1.58. The Morgan fingerprint density at radius 1 is 1.31 bits per heavy atom. The molecule has 2 amide bonds. The number of ether oxygens (including phenoxy) is 1. The van der Waals surface area contributed by atoms with Gasteiger partial charge in [0.25, 0.3) is 11.8 Å². The van der Waals surface area contributed by atoms with Crippen LogP contribution in [0.4, 0.5) is 0 Å². The minimum absolute atomic E-state index is 0.0237. The first-order valence-electron chi connectivity index (χ1n) is 9.53. The van der Waals surface area contributed by atoms with Crippen LogP contribution < -0.4 is 5.32 Å². The average molecular weight is 410 g/mol. The number of aromatic nitrogens is 2. The number of thiophene rings is 1. The zero-order valence-corrected chi connectivity index (χ0v) is 16.9. The highest BCUT2D eigenvalue weighted by molar-refractivity contribution is 7.20. The molecule has 0 aliphatic carbocycles. The minimum atomic E-state index is -0.114. The van der Waals surface area contributed by atoms with E-state index in [9.17, 15) is 9.59 Å². The number of methoxy groups -OCH3 is 1. The van der Waals surface area contributed by atoms with E-state index in [0.29, 0.717) is 36.7 Å². The highest BCUT2D eigenvalue weighted by atomic mass is 32.1. The molecule has 1 aliphatic heterocycles. The smallest absolute Gasteiger partial charge is 0.261 e. The molecule has 4 heterocycles. The van der Waals surface area contributed by atoms with Crippen LogP contribution in [0.15, 0.2) is 42.9 Å². The number of nitrogens with one attached hydrogen (secondary N) is 1. The number of amides is 2. The van der Waals surface area contributed by atoms with Crippen LogP contribution in [0.3, 0.4) is 0 Å². The van der Waals surface area contributed by atoms with Gasteiger partial charge in [0.05, 0.1) is 17.0 Å². The summed E-state index contributed by atoms with van der Waals surface area (Å²) in [5.74, 6) is -0.0433. The number of carbonyl (C=O) groups is 2. The summed E-state index contributed by atoms with van der Waals surface area (Å²) >= 11 is 1.41. The number of fused-ring (bicyclic) bond motifs is 1. The lowest BCUT2D eigenvalue weighted by atomic mass is 9.95. The molecule has 7 nitrogen and oxygen atoms in total. The fourth-order valence-corrected chi connectivity index (χ4v) is 4.87. The number of nitrogens with zero attached hydrogens (tertiary/aromatic N) is 3. The van der Waals surface area contributed by atoms with Gasteiger partial charge in [-0.15, -0.1) is 11.3 Å². The highest BCUT2D eigenvalue weighted by Crippen LogP contribution is 2.39. The number of hydrogen-bond donors (Lipinski definition) is 1. The third-order valence-electron chi connectivity index (χ3n) is 5.09. The van der Waals surface area contributed by atoms with Gasteiger partial charge in [0.15, 0.2) is 0 Å². The average Bonchev–Trinajstić information content (AvgIpc) is 3.38. The van der Waals surface area contributed by atoms with Crippen molar-refractivity contribution < 1.29 is 14.3 Å². The Bertz CT molecular complexity index is 1020. The molecule has 1 N–H and O–H groups in total. The zero-order valence-electron chi connectivity index (χ0n) is 16.1. The van der Waals surface area contributed by atoms with Crippen molar-refractivity contribution in [2.75, 3.05) is 33.4 Å². The number of likely N-dealkylation sites (tertiary alicyclic amines) is 1. The second-order valence-electron chi connectivity index (χ2n) is 6.93. The van der Waals surface area contributed by atoms with Gasteiger partial charge in [-0.1, -0.05) is 6.07 Å². The molecule has 0 radical (unpaired) electrons. The van der Waals surface area contributed by atoms with Crippen molar-refractivity contribution in [3.8, 4) is 0 Å². The fraction of sp³-hybridized carbons (Fsp3) is 0.333. The van der Waals surface area contributed by atoms with Gasteiger partial charge in [0, 0.05) is 56.6 Å². The molecular weight excluding hydrogens is 388 g/mol. The Morgan fingerprint density at radius 2 is 2.17 bits per heavy atom. The van der Waals surface area contributed by atoms with Crippen molar-refractivity contribution in [1.29, 1.82) is 0 Å². The SMILES string of the molecule is COCCNC(=O)c1sc2ncccc2c1[C@@H]1CCN(C(=O)c2cccnc2)C1. The summed E-state index contributed by atoms with van der Waals surface area (Å²) in [5, 5.41) is 3.91. The molecule has 1 saturated heterocycles. The van der Waals surface area contributed by atoms with Gasteiger partial charge in [0.2, 0.25) is 0 Å². The van der Waals surface area contributed by atoms with Gasteiger partial charge in [-0.2, -0.15) is 0 Å². The molecule has 4 rings (SSSR count). The number of hydrogen-bond acceptors (Lipinski definition) is 6. The molecule has 1 aliphatic rings. The fourth-order valence-electron chi connectivity index (χ4n) is 3.72. The molecule has 3 aromatic heterocycles. The van der Waals surface area contributed by atoms with Crippen LogP contribution in [-0.4, -0.2) is 60.0 Å². The van der Waals surface area contributed by atoms with Crippen molar-refractivity contribution in [3.05, 3.63) is 58.9 Å². The molecule has 1 atom stereocenters. The molecule has 8 heteroatoms. The predicted molar refractivity (Wildman–Crippen MR) is 111 cm³/mol. The Kier molecular flexibility index (Phi) is 5.82. The van der Waals surface area contributed by atoms with Crippen molar-refractivity contribution in [1.82, 2.24) is 20.2 Å². The van der Waals surface area contributed by atoms with Crippen molar-refractivity contribution in [3.63, 3.8) is 0 Å². The third kappa shape index (κ3) is 3.99. The first-order chi connectivity index (χ1) is 14.2. The summed E-state index contributed by atoms with van der Waals surface area (Å²) in [6.07, 6.45) is 5.80. The summed E-state index contributed by atoms with van der Waals surface area (Å²) < 4.78 is 5.03. The Morgan fingerprint density at radius 3 is 2.97 bits per heavy atom. The van der Waals surface area contributed by atoms with Crippen LogP contribution in [-0.2, 0) is 4.74 Å². The van der Waals surface area contributed by atoms with E-state index < -0.39 is 0 Å². The van der Waals surface area contributed by atoms with E-state index in [0.717, 1.165) is 22.2 Å². The molecule has 0 saturated carbocycles. The number of pyridine rings is 2. The minimum Gasteiger partial charge on any atom is -0.383 e. The largest absolute Gasteiger partial charge is 0.383 e. The maximum atomic E-state index is 12.8. The monoisotopic (exact) mass is 410 g/mol. The second kappa shape index (κ2) is 8.67. The van der Waals surface area contributed by atoms with Crippen LogP contribution in [0.25, 0.3) is 10.2 Å². The maximum absolute atomic E-state index is 12.8. The van der Waals surface area contributed by atoms with Crippen molar-refractivity contribution in [2.45, 2.75) is 12.3 Å². The lowest BCUT2D eigenvalue weighted by molar-refractivity contribution is 0.0790. The predicted octanol–water partition coefficient (Wildman–Crippen LogP) is 2.70. The maximum Gasteiger partial charge on any atom is 0.261 e. The summed E-state index contributed by atoms with van der Waals surface area (Å²) in [6, 6.07) is 7.44. The van der Waals surface area contributed by atoms with Gasteiger partial charge < -0.3 is 15.0 Å². The van der Waals surface area contributed by atoms with Gasteiger partial charge in [0.1, 0.15) is 4.83 Å². The van der Waals surface area contributed by atoms with E-state index in [2.05, 4.69) is 15.3 Å². The lowest BCUT2D eigenvalue weighted by Crippen LogP contribution is -2.29.